The zero-order valence-corrected chi connectivity index (χ0v) is 9.84. The summed E-state index contributed by atoms with van der Waals surface area (Å²) in [4.78, 5) is 24.5. The van der Waals surface area contributed by atoms with Gasteiger partial charge in [0.05, 0.1) is 5.56 Å². The van der Waals surface area contributed by atoms with Crippen molar-refractivity contribution in [2.45, 2.75) is 26.3 Å². The molecule has 0 aromatic carbocycles. The Morgan fingerprint density at radius 3 is 2.65 bits per heavy atom. The molecule has 0 bridgehead atoms. The molecule has 2 atom stereocenters. The largest absolute Gasteiger partial charge is 0.478 e. The lowest BCUT2D eigenvalue weighted by atomic mass is 10.1. The number of nitrogens with zero attached hydrogens (tertiary/aromatic N) is 1. The van der Waals surface area contributed by atoms with E-state index in [1.165, 1.54) is 6.07 Å². The molecule has 2 rings (SSSR count). The van der Waals surface area contributed by atoms with Crippen LogP contribution in [-0.4, -0.2) is 34.5 Å². The first-order chi connectivity index (χ1) is 7.99. The fourth-order valence-electron chi connectivity index (χ4n) is 2.28. The number of carboxylic acid groups (broad SMARTS) is 1. The van der Waals surface area contributed by atoms with Crippen molar-refractivity contribution in [3.8, 4) is 0 Å². The summed E-state index contributed by atoms with van der Waals surface area (Å²) in [5.41, 5.74) is 0.00764. The molecule has 1 saturated heterocycles. The van der Waals surface area contributed by atoms with Gasteiger partial charge in [-0.3, -0.25) is 4.79 Å². The molecule has 1 amide bonds. The van der Waals surface area contributed by atoms with E-state index in [0.717, 1.165) is 12.7 Å². The Morgan fingerprint density at radius 2 is 2.18 bits per heavy atom. The zero-order chi connectivity index (χ0) is 12.6. The van der Waals surface area contributed by atoms with Crippen molar-refractivity contribution in [2.75, 3.05) is 6.54 Å². The van der Waals surface area contributed by atoms with Gasteiger partial charge in [-0.15, -0.1) is 0 Å². The Hall–Kier alpha value is -1.78. The van der Waals surface area contributed by atoms with Crippen LogP contribution in [0.15, 0.2) is 16.7 Å². The summed E-state index contributed by atoms with van der Waals surface area (Å²) in [5, 5.41) is 8.75. The SMILES string of the molecule is CC1CC(C)N(C(=O)c2cc(C(=O)O)co2)C1. The number of amides is 1. The zero-order valence-electron chi connectivity index (χ0n) is 9.84. The minimum absolute atomic E-state index is 0.00764. The Balaban J connectivity index is 2.16. The molecule has 1 aromatic heterocycles. The van der Waals surface area contributed by atoms with E-state index >= 15 is 0 Å². The topological polar surface area (TPSA) is 70.8 Å². The lowest BCUT2D eigenvalue weighted by molar-refractivity contribution is 0.0692. The second kappa shape index (κ2) is 4.24. The van der Waals surface area contributed by atoms with E-state index in [1.54, 1.807) is 4.90 Å². The van der Waals surface area contributed by atoms with Crippen molar-refractivity contribution in [3.63, 3.8) is 0 Å². The van der Waals surface area contributed by atoms with E-state index in [-0.39, 0.29) is 23.3 Å². The molecule has 0 radical (unpaired) electrons. The van der Waals surface area contributed by atoms with Crippen LogP contribution in [-0.2, 0) is 0 Å². The predicted molar refractivity (Wildman–Crippen MR) is 59.9 cm³/mol. The van der Waals surface area contributed by atoms with E-state index < -0.39 is 5.97 Å². The fourth-order valence-corrected chi connectivity index (χ4v) is 2.28. The molecule has 1 N–H and O–H groups in total. The summed E-state index contributed by atoms with van der Waals surface area (Å²) in [6, 6.07) is 1.45. The summed E-state index contributed by atoms with van der Waals surface area (Å²) >= 11 is 0. The normalized spacial score (nSPS) is 24.0. The highest BCUT2D eigenvalue weighted by atomic mass is 16.4. The number of hydrogen-bond donors (Lipinski definition) is 1. The molecule has 5 nitrogen and oxygen atoms in total. The van der Waals surface area contributed by atoms with Gasteiger partial charge in [0.2, 0.25) is 0 Å². The van der Waals surface area contributed by atoms with Gasteiger partial charge in [-0.2, -0.15) is 0 Å². The molecule has 1 fully saturated rings. The fraction of sp³-hybridized carbons (Fsp3) is 0.500. The highest BCUT2D eigenvalue weighted by molar-refractivity contribution is 5.95. The monoisotopic (exact) mass is 237 g/mol. The maximum atomic E-state index is 12.1. The lowest BCUT2D eigenvalue weighted by Crippen LogP contribution is -2.33. The van der Waals surface area contributed by atoms with Gasteiger partial charge in [-0.1, -0.05) is 6.92 Å². The molecule has 2 heterocycles. The van der Waals surface area contributed by atoms with Crippen LogP contribution < -0.4 is 0 Å². The Kier molecular flexibility index (Phi) is 2.92. The maximum Gasteiger partial charge on any atom is 0.338 e. The number of carbonyl (C=O) groups is 2. The second-order valence-corrected chi connectivity index (χ2v) is 4.65. The highest BCUT2D eigenvalue weighted by Crippen LogP contribution is 2.24. The van der Waals surface area contributed by atoms with Gasteiger partial charge < -0.3 is 14.4 Å². The van der Waals surface area contributed by atoms with Crippen molar-refractivity contribution in [1.29, 1.82) is 0 Å². The smallest absolute Gasteiger partial charge is 0.338 e. The minimum atomic E-state index is -1.09. The average molecular weight is 237 g/mol. The molecular formula is C12H15NO4. The van der Waals surface area contributed by atoms with Crippen molar-refractivity contribution >= 4 is 11.9 Å². The van der Waals surface area contributed by atoms with Gasteiger partial charge in [0.25, 0.3) is 5.91 Å². The number of likely N-dealkylation sites (tertiary alicyclic amines) is 1. The van der Waals surface area contributed by atoms with Gasteiger partial charge in [-0.25, -0.2) is 4.79 Å². The quantitative estimate of drug-likeness (QED) is 0.852. The first-order valence-corrected chi connectivity index (χ1v) is 5.62. The minimum Gasteiger partial charge on any atom is -0.478 e. The second-order valence-electron chi connectivity index (χ2n) is 4.65. The predicted octanol–water partition coefficient (Wildman–Crippen LogP) is 1.85. The van der Waals surface area contributed by atoms with E-state index in [1.807, 2.05) is 6.92 Å². The molecule has 1 aromatic rings. The van der Waals surface area contributed by atoms with Crippen LogP contribution in [0.3, 0.4) is 0 Å². The summed E-state index contributed by atoms with van der Waals surface area (Å²) < 4.78 is 5.01. The molecule has 2 unspecified atom stereocenters. The van der Waals surface area contributed by atoms with E-state index in [9.17, 15) is 9.59 Å². The van der Waals surface area contributed by atoms with Crippen LogP contribution in [0.5, 0.6) is 0 Å². The van der Waals surface area contributed by atoms with E-state index in [2.05, 4.69) is 6.92 Å². The summed E-state index contributed by atoms with van der Waals surface area (Å²) in [6.45, 7) is 4.78. The number of carboxylic acids is 1. The Labute approximate surface area is 99.0 Å². The van der Waals surface area contributed by atoms with Crippen LogP contribution in [0.4, 0.5) is 0 Å². The molecule has 0 aliphatic carbocycles. The van der Waals surface area contributed by atoms with Crippen LogP contribution >= 0.6 is 0 Å². The maximum absolute atomic E-state index is 12.1. The summed E-state index contributed by atoms with van der Waals surface area (Å²) in [7, 11) is 0. The van der Waals surface area contributed by atoms with Crippen molar-refractivity contribution < 1.29 is 19.1 Å². The number of furan rings is 1. The van der Waals surface area contributed by atoms with Gasteiger partial charge in [0.15, 0.2) is 5.76 Å². The van der Waals surface area contributed by atoms with E-state index in [0.29, 0.717) is 12.5 Å². The van der Waals surface area contributed by atoms with E-state index in [4.69, 9.17) is 9.52 Å². The third-order valence-corrected chi connectivity index (χ3v) is 3.10. The highest BCUT2D eigenvalue weighted by Gasteiger charge is 2.32. The molecule has 5 heteroatoms. The van der Waals surface area contributed by atoms with Crippen LogP contribution in [0.2, 0.25) is 0 Å². The summed E-state index contributed by atoms with van der Waals surface area (Å²) in [5.74, 6) is -0.740. The first-order valence-electron chi connectivity index (χ1n) is 5.62. The van der Waals surface area contributed by atoms with Crippen molar-refractivity contribution in [1.82, 2.24) is 4.90 Å². The van der Waals surface area contributed by atoms with Crippen molar-refractivity contribution in [3.05, 3.63) is 23.7 Å². The number of rotatable bonds is 2. The Morgan fingerprint density at radius 1 is 1.47 bits per heavy atom. The molecule has 0 spiro atoms. The van der Waals surface area contributed by atoms with Gasteiger partial charge in [0, 0.05) is 18.7 Å². The van der Waals surface area contributed by atoms with Crippen LogP contribution in [0, 0.1) is 5.92 Å². The summed E-state index contributed by atoms with van der Waals surface area (Å²) in [6.07, 6.45) is 2.07. The molecule has 1 aliphatic rings. The standard InChI is InChI=1S/C12H15NO4/c1-7-3-8(2)13(5-7)11(14)10-4-9(6-17-10)12(15)16/h4,6-8H,3,5H2,1-2H3,(H,15,16). The number of hydrogen-bond acceptors (Lipinski definition) is 3. The molecule has 17 heavy (non-hydrogen) atoms. The van der Waals surface area contributed by atoms with Crippen molar-refractivity contribution in [2.24, 2.45) is 5.92 Å². The third-order valence-electron chi connectivity index (χ3n) is 3.10. The van der Waals surface area contributed by atoms with Crippen LogP contribution in [0.1, 0.15) is 41.2 Å². The Bertz CT molecular complexity index is 451. The van der Waals surface area contributed by atoms with Gasteiger partial charge >= 0.3 is 5.97 Å². The first kappa shape index (κ1) is 11.7. The van der Waals surface area contributed by atoms with Gasteiger partial charge in [-0.05, 0) is 19.3 Å². The number of aromatic carboxylic acids is 1. The van der Waals surface area contributed by atoms with Gasteiger partial charge in [0.1, 0.15) is 6.26 Å². The average Bonchev–Trinajstić information content (AvgIpc) is 2.84. The molecule has 1 aliphatic heterocycles. The molecular weight excluding hydrogens is 222 g/mol. The third kappa shape index (κ3) is 2.18. The lowest BCUT2D eigenvalue weighted by Gasteiger charge is -2.19. The molecule has 0 saturated carbocycles. The van der Waals surface area contributed by atoms with Crippen LogP contribution in [0.25, 0.3) is 0 Å². The molecule has 92 valence electrons. The number of carbonyl (C=O) groups excluding carboxylic acids is 1.